The van der Waals surface area contributed by atoms with Crippen molar-refractivity contribution in [3.05, 3.63) is 23.8 Å². The number of nitrogens with one attached hydrogen (secondary N) is 1. The van der Waals surface area contributed by atoms with Crippen molar-refractivity contribution in [3.8, 4) is 36.2 Å². The fraction of sp³-hybridized carbons (Fsp3) is 0.500. The lowest BCUT2D eigenvalue weighted by molar-refractivity contribution is -0.157. The van der Waals surface area contributed by atoms with Crippen molar-refractivity contribution in [2.75, 3.05) is 13.2 Å². The van der Waals surface area contributed by atoms with E-state index in [1.165, 1.54) is 0 Å². The molecule has 1 amide bonds. The molecule has 0 aromatic heterocycles. The fourth-order valence-corrected chi connectivity index (χ4v) is 2.40. The lowest BCUT2D eigenvalue weighted by Gasteiger charge is -2.26. The highest BCUT2D eigenvalue weighted by Crippen LogP contribution is 2.29. The van der Waals surface area contributed by atoms with E-state index in [1.807, 2.05) is 0 Å². The summed E-state index contributed by atoms with van der Waals surface area (Å²) in [7, 11) is 0. The number of rotatable bonds is 8. The smallest absolute Gasteiger partial charge is 0.408 e. The molecular weight excluding hydrogens is 398 g/mol. The average molecular weight is 430 g/mol. The van der Waals surface area contributed by atoms with Gasteiger partial charge in [0.1, 0.15) is 30.5 Å². The number of esters is 1. The molecule has 7 heteroatoms. The van der Waals surface area contributed by atoms with E-state index >= 15 is 0 Å². The number of hydrogen-bond donors (Lipinski definition) is 1. The number of terminal acetylenes is 2. The fourth-order valence-electron chi connectivity index (χ4n) is 2.40. The Morgan fingerprint density at radius 3 is 2.00 bits per heavy atom. The van der Waals surface area contributed by atoms with Crippen LogP contribution in [0.2, 0.25) is 0 Å². The maximum absolute atomic E-state index is 12.7. The van der Waals surface area contributed by atoms with E-state index in [-0.39, 0.29) is 19.6 Å². The number of amides is 1. The Kier molecular flexibility index (Phi) is 9.27. The Morgan fingerprint density at radius 2 is 1.48 bits per heavy atom. The van der Waals surface area contributed by atoms with Gasteiger partial charge in [-0.15, -0.1) is 12.8 Å². The second kappa shape index (κ2) is 11.2. The molecule has 1 N–H and O–H groups in total. The summed E-state index contributed by atoms with van der Waals surface area (Å²) >= 11 is 0. The maximum atomic E-state index is 12.7. The van der Waals surface area contributed by atoms with Crippen LogP contribution in [0.5, 0.6) is 11.5 Å². The van der Waals surface area contributed by atoms with Gasteiger partial charge in [-0.2, -0.15) is 0 Å². The third-order valence-corrected chi connectivity index (χ3v) is 3.45. The molecule has 7 nitrogen and oxygen atoms in total. The van der Waals surface area contributed by atoms with Crippen LogP contribution in [0.25, 0.3) is 0 Å². The molecule has 31 heavy (non-hydrogen) atoms. The lowest BCUT2D eigenvalue weighted by Crippen LogP contribution is -2.47. The van der Waals surface area contributed by atoms with E-state index in [9.17, 15) is 9.59 Å². The Hall–Kier alpha value is -3.32. The Bertz CT molecular complexity index is 849. The van der Waals surface area contributed by atoms with Crippen LogP contribution in [0.1, 0.15) is 47.1 Å². The van der Waals surface area contributed by atoms with Gasteiger partial charge in [-0.25, -0.2) is 9.59 Å². The number of carbonyl (C=O) groups is 2. The lowest BCUT2D eigenvalue weighted by atomic mass is 10.0. The number of alkyl carbamates (subject to hydrolysis) is 1. The van der Waals surface area contributed by atoms with Crippen molar-refractivity contribution in [1.29, 1.82) is 0 Å². The van der Waals surface area contributed by atoms with Gasteiger partial charge in [0, 0.05) is 6.42 Å². The van der Waals surface area contributed by atoms with Gasteiger partial charge in [0.25, 0.3) is 0 Å². The summed E-state index contributed by atoms with van der Waals surface area (Å²) in [6.45, 7) is 10.5. The highest BCUT2D eigenvalue weighted by Gasteiger charge is 2.29. The Morgan fingerprint density at radius 1 is 0.935 bits per heavy atom. The molecule has 0 heterocycles. The van der Waals surface area contributed by atoms with E-state index in [2.05, 4.69) is 17.2 Å². The molecule has 0 unspecified atom stereocenters. The van der Waals surface area contributed by atoms with Crippen molar-refractivity contribution >= 4 is 12.1 Å². The van der Waals surface area contributed by atoms with Gasteiger partial charge < -0.3 is 24.3 Å². The summed E-state index contributed by atoms with van der Waals surface area (Å²) in [6.07, 6.45) is 9.94. The molecule has 0 saturated heterocycles. The molecule has 168 valence electrons. The van der Waals surface area contributed by atoms with Gasteiger partial charge in [-0.3, -0.25) is 0 Å². The molecule has 0 spiro atoms. The van der Waals surface area contributed by atoms with Crippen LogP contribution in [-0.2, 0) is 20.7 Å². The van der Waals surface area contributed by atoms with Crippen LogP contribution in [0.3, 0.4) is 0 Å². The topological polar surface area (TPSA) is 83.1 Å². The number of benzene rings is 1. The molecule has 1 aromatic carbocycles. The van der Waals surface area contributed by atoms with Crippen LogP contribution in [0, 0.1) is 24.7 Å². The first-order valence-electron chi connectivity index (χ1n) is 9.82. The van der Waals surface area contributed by atoms with Crippen molar-refractivity contribution in [3.63, 3.8) is 0 Å². The largest absolute Gasteiger partial charge is 0.477 e. The molecule has 0 saturated carbocycles. The Balaban J connectivity index is 3.13. The van der Waals surface area contributed by atoms with Crippen LogP contribution in [0.4, 0.5) is 4.79 Å². The zero-order valence-electron chi connectivity index (χ0n) is 19.0. The molecule has 1 aromatic rings. The van der Waals surface area contributed by atoms with Crippen molar-refractivity contribution in [2.45, 2.75) is 65.2 Å². The zero-order valence-corrected chi connectivity index (χ0v) is 19.0. The predicted octanol–water partition coefficient (Wildman–Crippen LogP) is 3.49. The standard InChI is InChI=1S/C24H31NO6/c1-9-13-28-19-12-11-17(16-20(19)29-14-10-2)15-18(21(26)30-23(3,4)5)25-22(27)31-24(6,7)8/h1-2,11-12,16,18H,13-15H2,3-8H3,(H,25,27)/t18-/m0/s1. The molecular formula is C24H31NO6. The van der Waals surface area contributed by atoms with Crippen LogP contribution < -0.4 is 14.8 Å². The first kappa shape index (κ1) is 25.7. The minimum atomic E-state index is -0.980. The van der Waals surface area contributed by atoms with E-state index < -0.39 is 29.3 Å². The monoisotopic (exact) mass is 429 g/mol. The van der Waals surface area contributed by atoms with Crippen molar-refractivity contribution < 1.29 is 28.5 Å². The first-order chi connectivity index (χ1) is 14.3. The van der Waals surface area contributed by atoms with Gasteiger partial charge in [0.05, 0.1) is 0 Å². The van der Waals surface area contributed by atoms with Gasteiger partial charge >= 0.3 is 12.1 Å². The maximum Gasteiger partial charge on any atom is 0.408 e. The first-order valence-corrected chi connectivity index (χ1v) is 9.82. The van der Waals surface area contributed by atoms with E-state index in [1.54, 1.807) is 59.7 Å². The second-order valence-corrected chi connectivity index (χ2v) is 8.70. The summed E-state index contributed by atoms with van der Waals surface area (Å²) in [5, 5.41) is 2.59. The van der Waals surface area contributed by atoms with Gasteiger partial charge in [-0.1, -0.05) is 17.9 Å². The van der Waals surface area contributed by atoms with Gasteiger partial charge in [0.2, 0.25) is 0 Å². The predicted molar refractivity (Wildman–Crippen MR) is 118 cm³/mol. The van der Waals surface area contributed by atoms with Gasteiger partial charge in [-0.05, 0) is 59.2 Å². The molecule has 0 bridgehead atoms. The summed E-state index contributed by atoms with van der Waals surface area (Å²) in [4.78, 5) is 25.0. The summed E-state index contributed by atoms with van der Waals surface area (Å²) < 4.78 is 21.7. The van der Waals surface area contributed by atoms with Crippen molar-refractivity contribution in [1.82, 2.24) is 5.32 Å². The third kappa shape index (κ3) is 10.3. The molecule has 0 aliphatic heterocycles. The van der Waals surface area contributed by atoms with Crippen LogP contribution >= 0.6 is 0 Å². The highest BCUT2D eigenvalue weighted by molar-refractivity contribution is 5.82. The van der Waals surface area contributed by atoms with E-state index in [0.717, 1.165) is 0 Å². The molecule has 0 fully saturated rings. The number of carbonyl (C=O) groups excluding carboxylic acids is 2. The van der Waals surface area contributed by atoms with Crippen LogP contribution in [0.15, 0.2) is 18.2 Å². The summed E-state index contributed by atoms with van der Waals surface area (Å²) in [5.41, 5.74) is -0.750. The number of hydrogen-bond acceptors (Lipinski definition) is 6. The highest BCUT2D eigenvalue weighted by atomic mass is 16.6. The zero-order chi connectivity index (χ0) is 23.7. The third-order valence-electron chi connectivity index (χ3n) is 3.45. The number of ether oxygens (including phenoxy) is 4. The SMILES string of the molecule is C#CCOc1ccc(C[C@H](NC(=O)OC(C)(C)C)C(=O)OC(C)(C)C)cc1OCC#C. The Labute approximate surface area is 184 Å². The van der Waals surface area contributed by atoms with Crippen molar-refractivity contribution in [2.24, 2.45) is 0 Å². The van der Waals surface area contributed by atoms with E-state index in [0.29, 0.717) is 17.1 Å². The molecule has 0 radical (unpaired) electrons. The minimum Gasteiger partial charge on any atom is -0.477 e. The summed E-state index contributed by atoms with van der Waals surface area (Å²) in [5.74, 6) is 4.98. The van der Waals surface area contributed by atoms with E-state index in [4.69, 9.17) is 31.8 Å². The minimum absolute atomic E-state index is 0.0293. The van der Waals surface area contributed by atoms with Gasteiger partial charge in [0.15, 0.2) is 11.5 Å². The molecule has 0 aliphatic carbocycles. The normalized spacial score (nSPS) is 12.0. The molecule has 0 aliphatic rings. The quantitative estimate of drug-likeness (QED) is 0.503. The molecule has 1 rings (SSSR count). The molecule has 1 atom stereocenters. The summed E-state index contributed by atoms with van der Waals surface area (Å²) in [6, 6.07) is 4.10. The average Bonchev–Trinajstić information content (AvgIpc) is 2.62. The second-order valence-electron chi connectivity index (χ2n) is 8.70. The van der Waals surface area contributed by atoms with Crippen LogP contribution in [-0.4, -0.2) is 42.5 Å².